The molecule has 7 nitrogen and oxygen atoms in total. The Labute approximate surface area is 107 Å². The number of nitrogens with one attached hydrogen (secondary N) is 1. The number of aromatic carboxylic acids is 1. The van der Waals surface area contributed by atoms with Crippen LogP contribution in [-0.4, -0.2) is 25.6 Å². The zero-order valence-electron chi connectivity index (χ0n) is 9.87. The first-order chi connectivity index (χ1) is 9.08. The molecule has 19 heavy (non-hydrogen) atoms. The Bertz CT molecular complexity index is 703. The standard InChI is InChI=1S/C12H11N3O4/c16-10-9(11(17)18)7-15(12(19)14-10)6-4-8-3-1-2-5-13-8/h1-3,5,7H,4,6H2,(H,17,18)(H,14,16,19). The van der Waals surface area contributed by atoms with Crippen molar-refractivity contribution in [2.45, 2.75) is 13.0 Å². The number of H-pyrrole nitrogens is 1. The molecule has 7 heteroatoms. The molecule has 2 rings (SSSR count). The Kier molecular flexibility index (Phi) is 3.56. The van der Waals surface area contributed by atoms with Gasteiger partial charge in [0.2, 0.25) is 0 Å². The Morgan fingerprint density at radius 1 is 1.37 bits per heavy atom. The van der Waals surface area contributed by atoms with Crippen LogP contribution in [0.25, 0.3) is 0 Å². The number of carboxylic acids is 1. The Morgan fingerprint density at radius 3 is 2.79 bits per heavy atom. The molecule has 0 unspecified atom stereocenters. The molecule has 0 aliphatic heterocycles. The van der Waals surface area contributed by atoms with Crippen LogP contribution in [-0.2, 0) is 13.0 Å². The SMILES string of the molecule is O=C(O)c1cn(CCc2ccccn2)c(=O)[nH]c1=O. The van der Waals surface area contributed by atoms with Crippen LogP contribution in [0.3, 0.4) is 0 Å². The summed E-state index contributed by atoms with van der Waals surface area (Å²) in [4.78, 5) is 39.7. The molecule has 2 aromatic rings. The van der Waals surface area contributed by atoms with Crippen LogP contribution < -0.4 is 11.2 Å². The predicted molar refractivity (Wildman–Crippen MR) is 66.2 cm³/mol. The molecule has 0 bridgehead atoms. The van der Waals surface area contributed by atoms with E-state index >= 15 is 0 Å². The van der Waals surface area contributed by atoms with Gasteiger partial charge >= 0.3 is 11.7 Å². The number of nitrogens with zero attached hydrogens (tertiary/aromatic N) is 2. The van der Waals surface area contributed by atoms with E-state index in [1.807, 2.05) is 11.1 Å². The van der Waals surface area contributed by atoms with Gasteiger partial charge < -0.3 is 5.11 Å². The molecule has 0 radical (unpaired) electrons. The van der Waals surface area contributed by atoms with E-state index in [2.05, 4.69) is 4.98 Å². The van der Waals surface area contributed by atoms with Crippen LogP contribution in [0.4, 0.5) is 0 Å². The number of hydrogen-bond donors (Lipinski definition) is 2. The van der Waals surface area contributed by atoms with Gasteiger partial charge in [-0.2, -0.15) is 0 Å². The van der Waals surface area contributed by atoms with Gasteiger partial charge in [0.25, 0.3) is 5.56 Å². The molecule has 0 amide bonds. The maximum Gasteiger partial charge on any atom is 0.342 e. The number of aromatic nitrogens is 3. The van der Waals surface area contributed by atoms with Gasteiger partial charge in [0, 0.05) is 31.1 Å². The third kappa shape index (κ3) is 2.95. The minimum Gasteiger partial charge on any atom is -0.477 e. The van der Waals surface area contributed by atoms with Crippen LogP contribution >= 0.6 is 0 Å². The summed E-state index contributed by atoms with van der Waals surface area (Å²) >= 11 is 0. The first-order valence-corrected chi connectivity index (χ1v) is 5.55. The largest absolute Gasteiger partial charge is 0.477 e. The van der Waals surface area contributed by atoms with Crippen molar-refractivity contribution in [3.63, 3.8) is 0 Å². The molecular formula is C12H11N3O4. The van der Waals surface area contributed by atoms with Crippen LogP contribution in [0, 0.1) is 0 Å². The lowest BCUT2D eigenvalue weighted by Crippen LogP contribution is -2.33. The zero-order valence-corrected chi connectivity index (χ0v) is 9.87. The molecule has 0 aliphatic carbocycles. The van der Waals surface area contributed by atoms with Gasteiger partial charge in [-0.05, 0) is 12.1 Å². The molecule has 0 saturated carbocycles. The van der Waals surface area contributed by atoms with E-state index in [0.29, 0.717) is 6.42 Å². The fourth-order valence-corrected chi connectivity index (χ4v) is 1.61. The molecule has 0 aliphatic rings. The van der Waals surface area contributed by atoms with Gasteiger partial charge in [0.15, 0.2) is 0 Å². The topological polar surface area (TPSA) is 105 Å². The summed E-state index contributed by atoms with van der Waals surface area (Å²) in [6.45, 7) is 0.243. The lowest BCUT2D eigenvalue weighted by atomic mass is 10.2. The summed E-state index contributed by atoms with van der Waals surface area (Å²) < 4.78 is 1.15. The summed E-state index contributed by atoms with van der Waals surface area (Å²) in [6, 6.07) is 5.40. The van der Waals surface area contributed by atoms with Crippen LogP contribution in [0.15, 0.2) is 40.2 Å². The third-order valence-corrected chi connectivity index (χ3v) is 2.58. The fraction of sp³-hybridized carbons (Fsp3) is 0.167. The van der Waals surface area contributed by atoms with Crippen molar-refractivity contribution in [3.8, 4) is 0 Å². The number of carboxylic acid groups (broad SMARTS) is 1. The van der Waals surface area contributed by atoms with Gasteiger partial charge in [0.05, 0.1) is 0 Å². The minimum atomic E-state index is -1.37. The van der Waals surface area contributed by atoms with Crippen LogP contribution in [0.1, 0.15) is 16.1 Å². The lowest BCUT2D eigenvalue weighted by Gasteiger charge is -2.05. The monoisotopic (exact) mass is 261 g/mol. The van der Waals surface area contributed by atoms with Gasteiger partial charge in [-0.1, -0.05) is 6.07 Å². The van der Waals surface area contributed by atoms with Crippen LogP contribution in [0.2, 0.25) is 0 Å². The second kappa shape index (κ2) is 5.30. The molecule has 98 valence electrons. The Morgan fingerprint density at radius 2 is 2.16 bits per heavy atom. The normalized spacial score (nSPS) is 10.3. The second-order valence-electron chi connectivity index (χ2n) is 3.87. The van der Waals surface area contributed by atoms with E-state index in [9.17, 15) is 14.4 Å². The van der Waals surface area contributed by atoms with E-state index in [4.69, 9.17) is 5.11 Å². The van der Waals surface area contributed by atoms with E-state index in [1.165, 1.54) is 0 Å². The molecule has 0 fully saturated rings. The van der Waals surface area contributed by atoms with Crippen molar-refractivity contribution in [1.82, 2.24) is 14.5 Å². The van der Waals surface area contributed by atoms with Crippen molar-refractivity contribution in [3.05, 3.63) is 62.7 Å². The first kappa shape index (κ1) is 12.7. The first-order valence-electron chi connectivity index (χ1n) is 5.55. The average molecular weight is 261 g/mol. The van der Waals surface area contributed by atoms with Gasteiger partial charge in [-0.15, -0.1) is 0 Å². The van der Waals surface area contributed by atoms with E-state index in [-0.39, 0.29) is 6.54 Å². The second-order valence-corrected chi connectivity index (χ2v) is 3.87. The Balaban J connectivity index is 2.26. The van der Waals surface area contributed by atoms with Crippen molar-refractivity contribution in [1.29, 1.82) is 0 Å². The summed E-state index contributed by atoms with van der Waals surface area (Å²) in [5.74, 6) is -1.37. The maximum atomic E-state index is 11.5. The fourth-order valence-electron chi connectivity index (χ4n) is 1.61. The molecular weight excluding hydrogens is 250 g/mol. The highest BCUT2D eigenvalue weighted by atomic mass is 16.4. The zero-order chi connectivity index (χ0) is 13.8. The van der Waals surface area contributed by atoms with Gasteiger partial charge in [-0.3, -0.25) is 19.3 Å². The maximum absolute atomic E-state index is 11.5. The molecule has 2 N–H and O–H groups in total. The smallest absolute Gasteiger partial charge is 0.342 e. The summed E-state index contributed by atoms with van der Waals surface area (Å²) in [5, 5.41) is 8.82. The van der Waals surface area contributed by atoms with Crippen molar-refractivity contribution in [2.24, 2.45) is 0 Å². The molecule has 0 atom stereocenters. The van der Waals surface area contributed by atoms with Crippen molar-refractivity contribution < 1.29 is 9.90 Å². The predicted octanol–water partition coefficient (Wildman–Crippen LogP) is -0.127. The Hall–Kier alpha value is -2.70. The summed E-state index contributed by atoms with van der Waals surface area (Å²) in [7, 11) is 0. The number of aromatic amines is 1. The molecule has 2 aromatic heterocycles. The van der Waals surface area contributed by atoms with Gasteiger partial charge in [0.1, 0.15) is 5.56 Å². The molecule has 0 aromatic carbocycles. The van der Waals surface area contributed by atoms with Gasteiger partial charge in [-0.25, -0.2) is 9.59 Å². The molecule has 2 heterocycles. The highest BCUT2D eigenvalue weighted by molar-refractivity contribution is 5.86. The van der Waals surface area contributed by atoms with E-state index < -0.39 is 22.8 Å². The average Bonchev–Trinajstić information content (AvgIpc) is 2.38. The quantitative estimate of drug-likeness (QED) is 0.797. The van der Waals surface area contributed by atoms with E-state index in [0.717, 1.165) is 16.5 Å². The highest BCUT2D eigenvalue weighted by Crippen LogP contribution is 1.97. The van der Waals surface area contributed by atoms with Crippen LogP contribution in [0.5, 0.6) is 0 Å². The van der Waals surface area contributed by atoms with E-state index in [1.54, 1.807) is 18.3 Å². The number of rotatable bonds is 4. The number of aryl methyl sites for hydroxylation is 2. The number of pyridine rings is 1. The van der Waals surface area contributed by atoms with Crippen molar-refractivity contribution >= 4 is 5.97 Å². The molecule has 0 saturated heterocycles. The molecule has 0 spiro atoms. The summed E-state index contributed by atoms with van der Waals surface area (Å²) in [5.41, 5.74) is -1.21. The van der Waals surface area contributed by atoms with Crippen molar-refractivity contribution in [2.75, 3.05) is 0 Å². The number of hydrogen-bond acceptors (Lipinski definition) is 4. The summed E-state index contributed by atoms with van der Waals surface area (Å²) in [6.07, 6.45) is 3.14. The minimum absolute atomic E-state index is 0.243. The lowest BCUT2D eigenvalue weighted by molar-refractivity contribution is 0.0693. The highest BCUT2D eigenvalue weighted by Gasteiger charge is 2.11. The third-order valence-electron chi connectivity index (χ3n) is 2.58. The number of carbonyl (C=O) groups is 1.